The number of carbonyl (C=O) groups is 2. The first kappa shape index (κ1) is 17.3. The minimum atomic E-state index is -0.118. The number of benzene rings is 1. The molecule has 0 unspecified atom stereocenters. The second kappa shape index (κ2) is 7.61. The highest BCUT2D eigenvalue weighted by Gasteiger charge is 2.27. The summed E-state index contributed by atoms with van der Waals surface area (Å²) in [5.41, 5.74) is 2.16. The van der Waals surface area contributed by atoms with Crippen molar-refractivity contribution < 1.29 is 14.3 Å². The van der Waals surface area contributed by atoms with E-state index in [9.17, 15) is 9.59 Å². The van der Waals surface area contributed by atoms with E-state index in [1.807, 2.05) is 35.2 Å². The predicted octanol–water partition coefficient (Wildman–Crippen LogP) is 2.28. The summed E-state index contributed by atoms with van der Waals surface area (Å²) >= 11 is 0. The highest BCUT2D eigenvalue weighted by molar-refractivity contribution is 5.99. The lowest BCUT2D eigenvalue weighted by molar-refractivity contribution is -0.128. The van der Waals surface area contributed by atoms with Crippen LogP contribution in [0, 0.1) is 0 Å². The van der Waals surface area contributed by atoms with Gasteiger partial charge in [0.2, 0.25) is 0 Å². The second-order valence-corrected chi connectivity index (χ2v) is 6.78. The molecule has 6 nitrogen and oxygen atoms in total. The Kier molecular flexibility index (Phi) is 4.87. The van der Waals surface area contributed by atoms with Gasteiger partial charge in [-0.3, -0.25) is 14.6 Å². The minimum absolute atomic E-state index is 0.0153. The molecular formula is C21H21N3O3. The number of amides is 2. The second-order valence-electron chi connectivity index (χ2n) is 6.78. The van der Waals surface area contributed by atoms with Gasteiger partial charge in [-0.25, -0.2) is 0 Å². The number of carbonyl (C=O) groups excluding carboxylic acids is 2. The van der Waals surface area contributed by atoms with Gasteiger partial charge in [0.25, 0.3) is 11.8 Å². The molecule has 2 aliphatic rings. The van der Waals surface area contributed by atoms with Crippen LogP contribution in [0.25, 0.3) is 6.08 Å². The van der Waals surface area contributed by atoms with Gasteiger partial charge in [0.05, 0.1) is 11.1 Å². The molecule has 0 saturated carbocycles. The van der Waals surface area contributed by atoms with Crippen molar-refractivity contribution in [1.29, 1.82) is 0 Å². The molecule has 27 heavy (non-hydrogen) atoms. The molecule has 1 fully saturated rings. The standard InChI is InChI=1S/C21H21N3O3/c25-20(16-5-3-9-22-13-16)23-18-7-10-24(11-8-18)21(26)17-12-15-4-1-2-6-19(15)27-14-17/h1-6,9,12-13,18H,7-8,10-11,14H2,(H,23,25). The fraction of sp³-hybridized carbons (Fsp3) is 0.286. The first-order valence-corrected chi connectivity index (χ1v) is 9.13. The van der Waals surface area contributed by atoms with E-state index in [2.05, 4.69) is 10.3 Å². The zero-order valence-electron chi connectivity index (χ0n) is 14.9. The number of para-hydroxylation sites is 1. The number of ether oxygens (including phenoxy) is 1. The molecule has 1 aromatic carbocycles. The summed E-state index contributed by atoms with van der Waals surface area (Å²) in [6, 6.07) is 11.3. The molecule has 0 radical (unpaired) electrons. The highest BCUT2D eigenvalue weighted by atomic mass is 16.5. The minimum Gasteiger partial charge on any atom is -0.488 e. The Morgan fingerprint density at radius 2 is 1.93 bits per heavy atom. The van der Waals surface area contributed by atoms with Gasteiger partial charge in [-0.05, 0) is 37.1 Å². The summed E-state index contributed by atoms with van der Waals surface area (Å²) in [6.07, 6.45) is 6.59. The predicted molar refractivity (Wildman–Crippen MR) is 101 cm³/mol. The van der Waals surface area contributed by atoms with Crippen molar-refractivity contribution in [3.63, 3.8) is 0 Å². The van der Waals surface area contributed by atoms with Crippen LogP contribution in [0.3, 0.4) is 0 Å². The van der Waals surface area contributed by atoms with Gasteiger partial charge in [-0.15, -0.1) is 0 Å². The van der Waals surface area contributed by atoms with Crippen LogP contribution in [-0.2, 0) is 4.79 Å². The van der Waals surface area contributed by atoms with Crippen LogP contribution >= 0.6 is 0 Å². The van der Waals surface area contributed by atoms with Gasteiger partial charge < -0.3 is 15.0 Å². The first-order valence-electron chi connectivity index (χ1n) is 9.13. The Morgan fingerprint density at radius 3 is 2.70 bits per heavy atom. The molecule has 2 aliphatic heterocycles. The lowest BCUT2D eigenvalue weighted by Gasteiger charge is -2.33. The highest BCUT2D eigenvalue weighted by Crippen LogP contribution is 2.27. The molecule has 0 spiro atoms. The van der Waals surface area contributed by atoms with E-state index in [0.717, 1.165) is 24.2 Å². The molecule has 2 aromatic rings. The van der Waals surface area contributed by atoms with Gasteiger partial charge in [0.15, 0.2) is 0 Å². The topological polar surface area (TPSA) is 71.5 Å². The Labute approximate surface area is 157 Å². The monoisotopic (exact) mass is 363 g/mol. The van der Waals surface area contributed by atoms with Crippen LogP contribution in [0.1, 0.15) is 28.8 Å². The summed E-state index contributed by atoms with van der Waals surface area (Å²) in [7, 11) is 0. The van der Waals surface area contributed by atoms with Crippen molar-refractivity contribution in [1.82, 2.24) is 15.2 Å². The first-order chi connectivity index (χ1) is 13.2. The lowest BCUT2D eigenvalue weighted by Crippen LogP contribution is -2.47. The number of nitrogens with one attached hydrogen (secondary N) is 1. The maximum atomic E-state index is 12.8. The summed E-state index contributed by atoms with van der Waals surface area (Å²) in [4.78, 5) is 30.8. The number of hydrogen-bond acceptors (Lipinski definition) is 4. The number of fused-ring (bicyclic) bond motifs is 1. The van der Waals surface area contributed by atoms with E-state index in [1.54, 1.807) is 24.5 Å². The van der Waals surface area contributed by atoms with Crippen LogP contribution in [0.5, 0.6) is 5.75 Å². The van der Waals surface area contributed by atoms with Crippen molar-refractivity contribution in [2.75, 3.05) is 19.7 Å². The van der Waals surface area contributed by atoms with Gasteiger partial charge in [0.1, 0.15) is 12.4 Å². The third kappa shape index (κ3) is 3.84. The molecule has 0 aliphatic carbocycles. The quantitative estimate of drug-likeness (QED) is 0.908. The van der Waals surface area contributed by atoms with Gasteiger partial charge >= 0.3 is 0 Å². The van der Waals surface area contributed by atoms with E-state index >= 15 is 0 Å². The SMILES string of the molecule is O=C(NC1CCN(C(=O)C2=Cc3ccccc3OC2)CC1)c1cccnc1. The largest absolute Gasteiger partial charge is 0.488 e. The van der Waals surface area contributed by atoms with Crippen LogP contribution in [0.15, 0.2) is 54.4 Å². The van der Waals surface area contributed by atoms with Crippen molar-refractivity contribution in [2.24, 2.45) is 0 Å². The van der Waals surface area contributed by atoms with E-state index in [1.165, 1.54) is 0 Å². The van der Waals surface area contributed by atoms with Crippen LogP contribution in [-0.4, -0.2) is 47.4 Å². The Hall–Kier alpha value is -3.15. The van der Waals surface area contributed by atoms with Gasteiger partial charge in [0, 0.05) is 37.1 Å². The molecule has 3 heterocycles. The van der Waals surface area contributed by atoms with E-state index in [0.29, 0.717) is 30.8 Å². The van der Waals surface area contributed by atoms with Gasteiger partial charge in [-0.2, -0.15) is 0 Å². The molecule has 1 saturated heterocycles. The summed E-state index contributed by atoms with van der Waals surface area (Å²) in [5.74, 6) is 0.709. The number of likely N-dealkylation sites (tertiary alicyclic amines) is 1. The van der Waals surface area contributed by atoms with Crippen LogP contribution in [0.2, 0.25) is 0 Å². The zero-order valence-corrected chi connectivity index (χ0v) is 14.9. The van der Waals surface area contributed by atoms with Crippen molar-refractivity contribution in [3.05, 3.63) is 65.5 Å². The molecule has 0 atom stereocenters. The number of nitrogens with zero attached hydrogens (tertiary/aromatic N) is 2. The molecular weight excluding hydrogens is 342 g/mol. The normalized spacial score (nSPS) is 16.7. The average Bonchev–Trinajstić information content (AvgIpc) is 2.74. The molecule has 6 heteroatoms. The van der Waals surface area contributed by atoms with E-state index in [-0.39, 0.29) is 17.9 Å². The van der Waals surface area contributed by atoms with Crippen molar-refractivity contribution in [3.8, 4) is 5.75 Å². The van der Waals surface area contributed by atoms with E-state index in [4.69, 9.17) is 4.74 Å². The summed E-state index contributed by atoms with van der Waals surface area (Å²) < 4.78 is 5.69. The third-order valence-electron chi connectivity index (χ3n) is 4.95. The average molecular weight is 363 g/mol. The maximum Gasteiger partial charge on any atom is 0.253 e. The van der Waals surface area contributed by atoms with Crippen molar-refractivity contribution >= 4 is 17.9 Å². The smallest absolute Gasteiger partial charge is 0.253 e. The van der Waals surface area contributed by atoms with Crippen LogP contribution < -0.4 is 10.1 Å². The maximum absolute atomic E-state index is 12.8. The molecule has 1 N–H and O–H groups in total. The Bertz CT molecular complexity index is 871. The number of pyridine rings is 1. The Morgan fingerprint density at radius 1 is 1.11 bits per heavy atom. The lowest BCUT2D eigenvalue weighted by atomic mass is 10.0. The Balaban J connectivity index is 1.34. The fourth-order valence-corrected chi connectivity index (χ4v) is 3.44. The zero-order chi connectivity index (χ0) is 18.6. The van der Waals surface area contributed by atoms with Gasteiger partial charge in [-0.1, -0.05) is 18.2 Å². The summed E-state index contributed by atoms with van der Waals surface area (Å²) in [5, 5.41) is 3.03. The molecule has 138 valence electrons. The molecule has 0 bridgehead atoms. The molecule has 4 rings (SSSR count). The number of rotatable bonds is 3. The van der Waals surface area contributed by atoms with Crippen molar-refractivity contribution in [2.45, 2.75) is 18.9 Å². The molecule has 2 amide bonds. The number of hydrogen-bond donors (Lipinski definition) is 1. The summed E-state index contributed by atoms with van der Waals surface area (Å²) in [6.45, 7) is 1.54. The van der Waals surface area contributed by atoms with Crippen LogP contribution in [0.4, 0.5) is 0 Å². The van der Waals surface area contributed by atoms with E-state index < -0.39 is 0 Å². The fourth-order valence-electron chi connectivity index (χ4n) is 3.44. The molecule has 1 aromatic heterocycles. The number of aromatic nitrogens is 1. The third-order valence-corrected chi connectivity index (χ3v) is 4.95. The number of piperidine rings is 1.